The second kappa shape index (κ2) is 5.90. The fourth-order valence-electron chi connectivity index (χ4n) is 4.03. The Labute approximate surface area is 147 Å². The molecule has 4 heteroatoms. The molecule has 3 aliphatic rings. The first-order chi connectivity index (χ1) is 12.3. The van der Waals surface area contributed by atoms with E-state index in [1.165, 1.54) is 22.3 Å². The minimum atomic E-state index is -0.348. The van der Waals surface area contributed by atoms with Gasteiger partial charge in [-0.05, 0) is 24.0 Å². The summed E-state index contributed by atoms with van der Waals surface area (Å²) in [4.78, 5) is 0. The van der Waals surface area contributed by atoms with E-state index in [0.29, 0.717) is 13.2 Å². The molecule has 0 radical (unpaired) electrons. The van der Waals surface area contributed by atoms with Crippen molar-refractivity contribution in [1.82, 2.24) is 0 Å². The Morgan fingerprint density at radius 2 is 1.20 bits per heavy atom. The molecule has 1 heterocycles. The number of nitrogens with zero attached hydrogens (tertiary/aromatic N) is 2. The molecule has 2 aromatic carbocycles. The van der Waals surface area contributed by atoms with Gasteiger partial charge in [-0.2, -0.15) is 5.10 Å². The Morgan fingerprint density at radius 1 is 0.680 bits per heavy atom. The van der Waals surface area contributed by atoms with Crippen LogP contribution in [0.15, 0.2) is 58.7 Å². The van der Waals surface area contributed by atoms with E-state index in [9.17, 15) is 0 Å². The summed E-state index contributed by atoms with van der Waals surface area (Å²) in [7, 11) is 0. The zero-order valence-corrected chi connectivity index (χ0v) is 14.1. The minimum absolute atomic E-state index is 0.348. The van der Waals surface area contributed by atoms with Crippen molar-refractivity contribution >= 4 is 11.4 Å². The first kappa shape index (κ1) is 15.0. The van der Waals surface area contributed by atoms with Crippen LogP contribution >= 0.6 is 0 Å². The molecule has 4 nitrogen and oxygen atoms in total. The van der Waals surface area contributed by atoms with Crippen LogP contribution in [-0.4, -0.2) is 30.4 Å². The van der Waals surface area contributed by atoms with E-state index in [4.69, 9.17) is 9.47 Å². The maximum Gasteiger partial charge on any atom is 0.169 e. The SMILES string of the molecule is c1ccc2c(c1)C(=NN=C1CCC3(CC1)OCCO3)c1ccccc1-2. The van der Waals surface area contributed by atoms with Crippen LogP contribution in [0.25, 0.3) is 11.1 Å². The van der Waals surface area contributed by atoms with Gasteiger partial charge < -0.3 is 9.47 Å². The van der Waals surface area contributed by atoms with Crippen LogP contribution in [0.1, 0.15) is 36.8 Å². The number of hydrogen-bond acceptors (Lipinski definition) is 4. The van der Waals surface area contributed by atoms with Crippen LogP contribution in [0.2, 0.25) is 0 Å². The molecule has 0 bridgehead atoms. The summed E-state index contributed by atoms with van der Waals surface area (Å²) in [6.07, 6.45) is 3.54. The number of ether oxygens (including phenoxy) is 2. The number of fused-ring (bicyclic) bond motifs is 3. The lowest BCUT2D eigenvalue weighted by Crippen LogP contribution is -2.35. The monoisotopic (exact) mass is 332 g/mol. The topological polar surface area (TPSA) is 43.2 Å². The molecule has 2 aliphatic carbocycles. The zero-order chi connectivity index (χ0) is 16.7. The molecule has 0 aromatic heterocycles. The molecule has 1 saturated heterocycles. The van der Waals surface area contributed by atoms with Crippen molar-refractivity contribution < 1.29 is 9.47 Å². The van der Waals surface area contributed by atoms with Gasteiger partial charge in [-0.15, -0.1) is 5.10 Å². The van der Waals surface area contributed by atoms with Gasteiger partial charge in [0.25, 0.3) is 0 Å². The Morgan fingerprint density at radius 3 is 1.76 bits per heavy atom. The second-order valence-electron chi connectivity index (χ2n) is 6.81. The predicted octanol–water partition coefficient (Wildman–Crippen LogP) is 4.18. The van der Waals surface area contributed by atoms with Gasteiger partial charge in [0, 0.05) is 29.7 Å². The summed E-state index contributed by atoms with van der Waals surface area (Å²) in [5, 5.41) is 9.28. The van der Waals surface area contributed by atoms with Crippen LogP contribution in [0, 0.1) is 0 Å². The Kier molecular flexibility index (Phi) is 3.54. The highest BCUT2D eigenvalue weighted by Gasteiger charge is 2.39. The number of rotatable bonds is 1. The lowest BCUT2D eigenvalue weighted by Gasteiger charge is -2.31. The quantitative estimate of drug-likeness (QED) is 0.628. The number of benzene rings is 2. The van der Waals surface area contributed by atoms with E-state index in [1.807, 2.05) is 0 Å². The average molecular weight is 332 g/mol. The van der Waals surface area contributed by atoms with Crippen LogP contribution < -0.4 is 0 Å². The molecule has 1 saturated carbocycles. The molecule has 2 aromatic rings. The molecule has 1 aliphatic heterocycles. The van der Waals surface area contributed by atoms with Crippen LogP contribution in [-0.2, 0) is 9.47 Å². The molecule has 0 atom stereocenters. The molecule has 0 unspecified atom stereocenters. The van der Waals surface area contributed by atoms with Gasteiger partial charge in [-0.1, -0.05) is 48.5 Å². The Balaban J connectivity index is 1.45. The van der Waals surface area contributed by atoms with Crippen LogP contribution in [0.4, 0.5) is 0 Å². The fraction of sp³-hybridized carbons (Fsp3) is 0.333. The highest BCUT2D eigenvalue weighted by Crippen LogP contribution is 2.37. The van der Waals surface area contributed by atoms with Gasteiger partial charge in [0.1, 0.15) is 5.71 Å². The van der Waals surface area contributed by atoms with Gasteiger partial charge in [-0.25, -0.2) is 0 Å². The maximum absolute atomic E-state index is 5.79. The van der Waals surface area contributed by atoms with Crippen molar-refractivity contribution in [3.63, 3.8) is 0 Å². The normalized spacial score (nSPS) is 20.5. The summed E-state index contributed by atoms with van der Waals surface area (Å²) in [6.45, 7) is 1.42. The van der Waals surface area contributed by atoms with Crippen molar-refractivity contribution in [2.75, 3.05) is 13.2 Å². The highest BCUT2D eigenvalue weighted by atomic mass is 16.7. The molecule has 1 spiro atoms. The Bertz CT molecular complexity index is 819. The molecule has 25 heavy (non-hydrogen) atoms. The molecule has 126 valence electrons. The third-order valence-electron chi connectivity index (χ3n) is 5.35. The summed E-state index contributed by atoms with van der Waals surface area (Å²) < 4.78 is 11.6. The van der Waals surface area contributed by atoms with E-state index in [0.717, 1.165) is 37.1 Å². The van der Waals surface area contributed by atoms with E-state index in [1.54, 1.807) is 0 Å². The maximum atomic E-state index is 5.79. The van der Waals surface area contributed by atoms with Crippen molar-refractivity contribution in [2.45, 2.75) is 31.5 Å². The van der Waals surface area contributed by atoms with Gasteiger partial charge in [0.05, 0.1) is 13.2 Å². The summed E-state index contributed by atoms with van der Waals surface area (Å²) in [6, 6.07) is 16.8. The van der Waals surface area contributed by atoms with Gasteiger partial charge in [0.2, 0.25) is 0 Å². The zero-order valence-electron chi connectivity index (χ0n) is 14.1. The summed E-state index contributed by atoms with van der Waals surface area (Å²) in [5.74, 6) is -0.348. The van der Waals surface area contributed by atoms with Crippen molar-refractivity contribution in [3.8, 4) is 11.1 Å². The van der Waals surface area contributed by atoms with E-state index in [2.05, 4.69) is 58.7 Å². The standard InChI is InChI=1S/C21H20N2O2/c1-3-7-18-16(5-1)17-6-2-4-8-19(17)20(18)23-22-15-9-11-21(12-10-15)24-13-14-25-21/h1-8H,9-14H2. The minimum Gasteiger partial charge on any atom is -0.348 e. The van der Waals surface area contributed by atoms with E-state index >= 15 is 0 Å². The van der Waals surface area contributed by atoms with Crippen molar-refractivity contribution in [1.29, 1.82) is 0 Å². The second-order valence-corrected chi connectivity index (χ2v) is 6.81. The summed E-state index contributed by atoms with van der Waals surface area (Å²) >= 11 is 0. The van der Waals surface area contributed by atoms with Gasteiger partial charge >= 0.3 is 0 Å². The molecular weight excluding hydrogens is 312 g/mol. The molecule has 0 N–H and O–H groups in total. The van der Waals surface area contributed by atoms with Crippen molar-refractivity contribution in [3.05, 3.63) is 59.7 Å². The lowest BCUT2D eigenvalue weighted by atomic mass is 9.92. The number of hydrogen-bond donors (Lipinski definition) is 0. The lowest BCUT2D eigenvalue weighted by molar-refractivity contribution is -0.167. The summed E-state index contributed by atoms with van der Waals surface area (Å²) in [5.41, 5.74) is 6.94. The highest BCUT2D eigenvalue weighted by molar-refractivity contribution is 6.24. The first-order valence-corrected chi connectivity index (χ1v) is 8.95. The largest absolute Gasteiger partial charge is 0.348 e. The van der Waals surface area contributed by atoms with E-state index in [-0.39, 0.29) is 5.79 Å². The third-order valence-corrected chi connectivity index (χ3v) is 5.35. The fourth-order valence-corrected chi connectivity index (χ4v) is 4.03. The first-order valence-electron chi connectivity index (χ1n) is 8.95. The smallest absolute Gasteiger partial charge is 0.169 e. The molecule has 0 amide bonds. The van der Waals surface area contributed by atoms with Gasteiger partial charge in [0.15, 0.2) is 5.79 Å². The van der Waals surface area contributed by atoms with Gasteiger partial charge in [-0.3, -0.25) is 0 Å². The molecule has 2 fully saturated rings. The average Bonchev–Trinajstić information content (AvgIpc) is 3.25. The third kappa shape index (κ3) is 2.53. The predicted molar refractivity (Wildman–Crippen MR) is 98.1 cm³/mol. The van der Waals surface area contributed by atoms with E-state index < -0.39 is 0 Å². The van der Waals surface area contributed by atoms with Crippen LogP contribution in [0.5, 0.6) is 0 Å². The Hall–Kier alpha value is -2.30. The van der Waals surface area contributed by atoms with Crippen LogP contribution in [0.3, 0.4) is 0 Å². The molecular formula is C21H20N2O2. The van der Waals surface area contributed by atoms with Crippen molar-refractivity contribution in [2.24, 2.45) is 10.2 Å². The molecule has 5 rings (SSSR count).